The first-order chi connectivity index (χ1) is 16.1. The molecule has 6 rings (SSSR count). The molecule has 5 heteroatoms. The standard InChI is InChI=1S/C28H35N3OS/c1-3-13-31(14-4-2)24-9-7-20(8-10-24)22-5-6-23-18-27(33-26(23)17-22)28(32)29-25-19-30-15-11-21(25)12-16-30/h5-10,17-18,21,25H,3-4,11-16,19H2,1-2H3,(H,29,32). The van der Waals surface area contributed by atoms with Crippen molar-refractivity contribution in [2.75, 3.05) is 37.6 Å². The summed E-state index contributed by atoms with van der Waals surface area (Å²) < 4.78 is 1.18. The number of hydrogen-bond donors (Lipinski definition) is 1. The minimum Gasteiger partial charge on any atom is -0.372 e. The van der Waals surface area contributed by atoms with E-state index in [0.29, 0.717) is 12.0 Å². The van der Waals surface area contributed by atoms with Crippen LogP contribution in [0.15, 0.2) is 48.5 Å². The largest absolute Gasteiger partial charge is 0.372 e. The van der Waals surface area contributed by atoms with Crippen LogP contribution in [0, 0.1) is 5.92 Å². The van der Waals surface area contributed by atoms with Gasteiger partial charge in [-0.2, -0.15) is 0 Å². The van der Waals surface area contributed by atoms with Gasteiger partial charge in [0.25, 0.3) is 5.91 Å². The van der Waals surface area contributed by atoms with Gasteiger partial charge in [-0.1, -0.05) is 38.1 Å². The highest BCUT2D eigenvalue weighted by Crippen LogP contribution is 2.32. The molecule has 3 fully saturated rings. The molecular weight excluding hydrogens is 426 g/mol. The number of carbonyl (C=O) groups is 1. The van der Waals surface area contributed by atoms with Crippen LogP contribution >= 0.6 is 11.3 Å². The monoisotopic (exact) mass is 461 g/mol. The molecule has 1 N–H and O–H groups in total. The predicted molar refractivity (Wildman–Crippen MR) is 140 cm³/mol. The van der Waals surface area contributed by atoms with Crippen LogP contribution in [0.25, 0.3) is 21.2 Å². The van der Waals surface area contributed by atoms with Crippen LogP contribution in [0.3, 0.4) is 0 Å². The fraction of sp³-hybridized carbons (Fsp3) is 0.464. The molecule has 2 bridgehead atoms. The lowest BCUT2D eigenvalue weighted by Crippen LogP contribution is -2.57. The average molecular weight is 462 g/mol. The minimum absolute atomic E-state index is 0.0905. The summed E-state index contributed by atoms with van der Waals surface area (Å²) in [7, 11) is 0. The number of piperidine rings is 3. The molecule has 1 atom stereocenters. The SMILES string of the molecule is CCCN(CCC)c1ccc(-c2ccc3cc(C(=O)NC4CN5CCC4CC5)sc3c2)cc1. The second-order valence-electron chi connectivity index (χ2n) is 9.62. The summed E-state index contributed by atoms with van der Waals surface area (Å²) in [5.74, 6) is 0.737. The molecule has 1 amide bonds. The summed E-state index contributed by atoms with van der Waals surface area (Å²) in [5.41, 5.74) is 3.73. The maximum Gasteiger partial charge on any atom is 0.261 e. The summed E-state index contributed by atoms with van der Waals surface area (Å²) in [4.78, 5) is 18.8. The Hall–Kier alpha value is -2.37. The molecule has 2 aromatic carbocycles. The van der Waals surface area contributed by atoms with Gasteiger partial charge in [0.1, 0.15) is 0 Å². The number of carbonyl (C=O) groups excluding carboxylic acids is 1. The summed E-state index contributed by atoms with van der Waals surface area (Å²) in [6, 6.07) is 17.9. The lowest BCUT2D eigenvalue weighted by Gasteiger charge is -2.44. The van der Waals surface area contributed by atoms with Crippen molar-refractivity contribution in [1.82, 2.24) is 10.2 Å². The highest BCUT2D eigenvalue weighted by molar-refractivity contribution is 7.20. The number of fused-ring (bicyclic) bond motifs is 4. The summed E-state index contributed by atoms with van der Waals surface area (Å²) >= 11 is 1.61. The molecule has 3 aromatic rings. The number of hydrogen-bond acceptors (Lipinski definition) is 4. The van der Waals surface area contributed by atoms with E-state index in [1.165, 1.54) is 47.4 Å². The van der Waals surface area contributed by atoms with Crippen LogP contribution in [0.4, 0.5) is 5.69 Å². The van der Waals surface area contributed by atoms with E-state index < -0.39 is 0 Å². The molecule has 3 aliphatic rings. The number of benzene rings is 2. The Balaban J connectivity index is 1.31. The summed E-state index contributed by atoms with van der Waals surface area (Å²) in [5, 5.41) is 4.49. The van der Waals surface area contributed by atoms with E-state index in [1.807, 2.05) is 0 Å². The third-order valence-electron chi connectivity index (χ3n) is 7.27. The Kier molecular flexibility index (Phi) is 6.70. The van der Waals surface area contributed by atoms with Gasteiger partial charge in [0.05, 0.1) is 4.88 Å². The average Bonchev–Trinajstić information content (AvgIpc) is 3.29. The first kappa shape index (κ1) is 22.4. The van der Waals surface area contributed by atoms with Gasteiger partial charge in [0.15, 0.2) is 0 Å². The van der Waals surface area contributed by atoms with Crippen molar-refractivity contribution in [3.63, 3.8) is 0 Å². The Morgan fingerprint density at radius 3 is 2.33 bits per heavy atom. The zero-order chi connectivity index (χ0) is 22.8. The van der Waals surface area contributed by atoms with Gasteiger partial charge in [-0.15, -0.1) is 11.3 Å². The van der Waals surface area contributed by atoms with E-state index in [-0.39, 0.29) is 5.91 Å². The highest BCUT2D eigenvalue weighted by atomic mass is 32.1. The molecule has 33 heavy (non-hydrogen) atoms. The second-order valence-corrected chi connectivity index (χ2v) is 10.7. The number of anilines is 1. The maximum absolute atomic E-state index is 13.0. The molecule has 3 saturated heterocycles. The Bertz CT molecular complexity index is 1090. The fourth-order valence-electron chi connectivity index (χ4n) is 5.47. The van der Waals surface area contributed by atoms with E-state index >= 15 is 0 Å². The van der Waals surface area contributed by atoms with Gasteiger partial charge in [-0.05, 0) is 85.5 Å². The van der Waals surface area contributed by atoms with Crippen LogP contribution in [-0.4, -0.2) is 49.6 Å². The molecule has 4 heterocycles. The van der Waals surface area contributed by atoms with Gasteiger partial charge in [0.2, 0.25) is 0 Å². The maximum atomic E-state index is 13.0. The molecule has 1 unspecified atom stereocenters. The van der Waals surface area contributed by atoms with Gasteiger partial charge >= 0.3 is 0 Å². The van der Waals surface area contributed by atoms with Gasteiger partial charge in [-0.3, -0.25) is 4.79 Å². The van der Waals surface area contributed by atoms with Crippen molar-refractivity contribution in [3.8, 4) is 11.1 Å². The molecule has 3 aliphatic heterocycles. The van der Waals surface area contributed by atoms with Crippen LogP contribution in [0.1, 0.15) is 49.2 Å². The highest BCUT2D eigenvalue weighted by Gasteiger charge is 2.35. The first-order valence-electron chi connectivity index (χ1n) is 12.6. The van der Waals surface area contributed by atoms with Gasteiger partial charge in [0, 0.05) is 36.1 Å². The van der Waals surface area contributed by atoms with Crippen molar-refractivity contribution in [3.05, 3.63) is 53.4 Å². The van der Waals surface area contributed by atoms with Crippen LogP contribution < -0.4 is 10.2 Å². The number of amides is 1. The van der Waals surface area contributed by atoms with Crippen molar-refractivity contribution in [2.24, 2.45) is 5.92 Å². The zero-order valence-electron chi connectivity index (χ0n) is 19.8. The van der Waals surface area contributed by atoms with Gasteiger partial charge < -0.3 is 15.1 Å². The lowest BCUT2D eigenvalue weighted by atomic mass is 9.84. The van der Waals surface area contributed by atoms with Crippen LogP contribution in [0.2, 0.25) is 0 Å². The number of nitrogens with zero attached hydrogens (tertiary/aromatic N) is 2. The fourth-order valence-corrected chi connectivity index (χ4v) is 6.47. The van der Waals surface area contributed by atoms with E-state index in [0.717, 1.165) is 42.7 Å². The van der Waals surface area contributed by atoms with Crippen molar-refractivity contribution >= 4 is 33.0 Å². The smallest absolute Gasteiger partial charge is 0.261 e. The second kappa shape index (κ2) is 9.86. The van der Waals surface area contributed by atoms with Crippen LogP contribution in [-0.2, 0) is 0 Å². The molecule has 0 aliphatic carbocycles. The van der Waals surface area contributed by atoms with E-state index in [1.54, 1.807) is 11.3 Å². The minimum atomic E-state index is 0.0905. The number of thiophene rings is 1. The predicted octanol–water partition coefficient (Wildman–Crippen LogP) is 6.02. The van der Waals surface area contributed by atoms with E-state index in [2.05, 4.69) is 77.5 Å². The molecular formula is C28H35N3OS. The Labute approximate surface area is 201 Å². The summed E-state index contributed by atoms with van der Waals surface area (Å²) in [6.45, 7) is 10.1. The zero-order valence-corrected chi connectivity index (χ0v) is 20.7. The lowest BCUT2D eigenvalue weighted by molar-refractivity contribution is 0.0622. The molecule has 0 spiro atoms. The third-order valence-corrected chi connectivity index (χ3v) is 8.37. The van der Waals surface area contributed by atoms with E-state index in [4.69, 9.17) is 0 Å². The van der Waals surface area contributed by atoms with Crippen molar-refractivity contribution in [2.45, 2.75) is 45.6 Å². The van der Waals surface area contributed by atoms with Crippen LogP contribution in [0.5, 0.6) is 0 Å². The number of nitrogens with one attached hydrogen (secondary N) is 1. The molecule has 1 aromatic heterocycles. The van der Waals surface area contributed by atoms with Crippen molar-refractivity contribution in [1.29, 1.82) is 0 Å². The number of rotatable bonds is 8. The Morgan fingerprint density at radius 1 is 1.00 bits per heavy atom. The molecule has 0 saturated carbocycles. The third kappa shape index (κ3) is 4.80. The first-order valence-corrected chi connectivity index (χ1v) is 13.4. The quantitative estimate of drug-likeness (QED) is 0.446. The van der Waals surface area contributed by atoms with Crippen molar-refractivity contribution < 1.29 is 4.79 Å². The topological polar surface area (TPSA) is 35.6 Å². The Morgan fingerprint density at radius 2 is 1.70 bits per heavy atom. The van der Waals surface area contributed by atoms with E-state index in [9.17, 15) is 4.79 Å². The normalized spacial score (nSPS) is 21.9. The summed E-state index contributed by atoms with van der Waals surface area (Å²) in [6.07, 6.45) is 4.75. The van der Waals surface area contributed by atoms with Gasteiger partial charge in [-0.25, -0.2) is 0 Å². The molecule has 4 nitrogen and oxygen atoms in total. The molecule has 0 radical (unpaired) electrons. The molecule has 174 valence electrons.